The van der Waals surface area contributed by atoms with E-state index in [4.69, 9.17) is 0 Å². The number of anilines is 1. The van der Waals surface area contributed by atoms with Crippen LogP contribution in [-0.4, -0.2) is 32.4 Å². The molecule has 202 valence electrons. The van der Waals surface area contributed by atoms with E-state index in [-0.39, 0.29) is 29.3 Å². The molecule has 5 rings (SSSR count). The first-order valence-corrected chi connectivity index (χ1v) is 12.7. The predicted octanol–water partition coefficient (Wildman–Crippen LogP) is 7.47. The third-order valence-corrected chi connectivity index (χ3v) is 6.53. The van der Waals surface area contributed by atoms with Gasteiger partial charge in [-0.25, -0.2) is 14.4 Å². The lowest BCUT2D eigenvalue weighted by molar-refractivity contribution is -0.137. The standard InChI is InChI=1S/C30H28F4N4O/c1-29(2,3)37-27-24-15-19(8-12-26(24)35-17-36-27)18-7-11-25(31)21(13-18)16-38(23-9-10-23)28(39)20-5-4-6-22(14-20)30(32,33)34/h4-8,11-15,17,23H,9-10,16H2,1-3H3,(H,35,36,37). The van der Waals surface area contributed by atoms with E-state index >= 15 is 4.39 Å². The maximum atomic E-state index is 15.0. The Balaban J connectivity index is 1.47. The molecule has 1 fully saturated rings. The zero-order valence-electron chi connectivity index (χ0n) is 21.8. The molecule has 0 aliphatic heterocycles. The lowest BCUT2D eigenvalue weighted by atomic mass is 10.00. The summed E-state index contributed by atoms with van der Waals surface area (Å²) in [6.07, 6.45) is -1.62. The van der Waals surface area contributed by atoms with E-state index in [0.717, 1.165) is 47.0 Å². The molecule has 4 aromatic rings. The van der Waals surface area contributed by atoms with Crippen LogP contribution in [0, 0.1) is 5.82 Å². The quantitative estimate of drug-likeness (QED) is 0.260. The number of benzene rings is 3. The highest BCUT2D eigenvalue weighted by molar-refractivity contribution is 5.95. The van der Waals surface area contributed by atoms with Gasteiger partial charge in [0.1, 0.15) is 18.0 Å². The van der Waals surface area contributed by atoms with Gasteiger partial charge in [-0.2, -0.15) is 13.2 Å². The predicted molar refractivity (Wildman–Crippen MR) is 143 cm³/mol. The van der Waals surface area contributed by atoms with E-state index < -0.39 is 23.5 Å². The van der Waals surface area contributed by atoms with Crippen molar-refractivity contribution in [2.45, 2.75) is 57.9 Å². The van der Waals surface area contributed by atoms with Crippen molar-refractivity contribution in [2.24, 2.45) is 0 Å². The number of aromatic nitrogens is 2. The number of halogens is 4. The maximum absolute atomic E-state index is 15.0. The monoisotopic (exact) mass is 536 g/mol. The molecule has 0 radical (unpaired) electrons. The van der Waals surface area contributed by atoms with Gasteiger partial charge in [-0.15, -0.1) is 0 Å². The smallest absolute Gasteiger partial charge is 0.365 e. The van der Waals surface area contributed by atoms with Crippen LogP contribution in [0.3, 0.4) is 0 Å². The molecule has 0 saturated heterocycles. The summed E-state index contributed by atoms with van der Waals surface area (Å²) in [4.78, 5) is 23.5. The van der Waals surface area contributed by atoms with Crippen molar-refractivity contribution < 1.29 is 22.4 Å². The van der Waals surface area contributed by atoms with Gasteiger partial charge < -0.3 is 10.2 Å². The average molecular weight is 537 g/mol. The number of alkyl halides is 3. The van der Waals surface area contributed by atoms with Gasteiger partial charge in [0.2, 0.25) is 0 Å². The largest absolute Gasteiger partial charge is 0.416 e. The summed E-state index contributed by atoms with van der Waals surface area (Å²) < 4.78 is 54.7. The van der Waals surface area contributed by atoms with E-state index in [1.54, 1.807) is 12.1 Å². The Morgan fingerprint density at radius 1 is 0.974 bits per heavy atom. The third-order valence-electron chi connectivity index (χ3n) is 6.53. The highest BCUT2D eigenvalue weighted by Gasteiger charge is 2.35. The van der Waals surface area contributed by atoms with Crippen LogP contribution in [0.2, 0.25) is 0 Å². The van der Waals surface area contributed by atoms with E-state index in [1.807, 2.05) is 39.0 Å². The highest BCUT2D eigenvalue weighted by atomic mass is 19.4. The number of hydrogen-bond donors (Lipinski definition) is 1. The van der Waals surface area contributed by atoms with E-state index in [1.165, 1.54) is 29.4 Å². The summed E-state index contributed by atoms with van der Waals surface area (Å²) in [6.45, 7) is 6.04. The van der Waals surface area contributed by atoms with E-state index in [0.29, 0.717) is 5.82 Å². The SMILES string of the molecule is CC(C)(C)Nc1ncnc2ccc(-c3ccc(F)c(CN(C(=O)c4cccc(C(F)(F)F)c4)C4CC4)c3)cc12. The summed E-state index contributed by atoms with van der Waals surface area (Å²) in [7, 11) is 0. The van der Waals surface area contributed by atoms with E-state index in [9.17, 15) is 18.0 Å². The molecule has 9 heteroatoms. The minimum absolute atomic E-state index is 0.0487. The minimum Gasteiger partial charge on any atom is -0.365 e. The maximum Gasteiger partial charge on any atom is 0.416 e. The first-order chi connectivity index (χ1) is 18.4. The lowest BCUT2D eigenvalue weighted by Gasteiger charge is -2.24. The molecule has 0 unspecified atom stereocenters. The van der Waals surface area contributed by atoms with Crippen LogP contribution in [0.1, 0.15) is 55.1 Å². The van der Waals surface area contributed by atoms with Gasteiger partial charge in [0, 0.05) is 34.6 Å². The number of carbonyl (C=O) groups is 1. The van der Waals surface area contributed by atoms with E-state index in [2.05, 4.69) is 15.3 Å². The molecule has 0 spiro atoms. The van der Waals surface area contributed by atoms with Crippen LogP contribution >= 0.6 is 0 Å². The Kier molecular flexibility index (Phi) is 6.78. The number of fused-ring (bicyclic) bond motifs is 1. The third kappa shape index (κ3) is 6.02. The molecule has 1 aromatic heterocycles. The first-order valence-electron chi connectivity index (χ1n) is 12.7. The molecule has 0 atom stereocenters. The summed E-state index contributed by atoms with van der Waals surface area (Å²) >= 11 is 0. The minimum atomic E-state index is -4.56. The topological polar surface area (TPSA) is 58.1 Å². The van der Waals surface area contributed by atoms with Crippen LogP contribution in [0.5, 0.6) is 0 Å². The van der Waals surface area contributed by atoms with Gasteiger partial charge in [-0.3, -0.25) is 4.79 Å². The number of nitrogens with one attached hydrogen (secondary N) is 1. The molecule has 39 heavy (non-hydrogen) atoms. The normalized spacial score (nSPS) is 13.9. The second kappa shape index (κ2) is 9.94. The van der Waals surface area contributed by atoms with Crippen molar-refractivity contribution in [3.05, 3.63) is 89.5 Å². The zero-order chi connectivity index (χ0) is 27.9. The number of nitrogens with zero attached hydrogens (tertiary/aromatic N) is 3. The summed E-state index contributed by atoms with van der Waals surface area (Å²) in [5.41, 5.74) is 1.42. The molecule has 5 nitrogen and oxygen atoms in total. The van der Waals surface area contributed by atoms with Crippen molar-refractivity contribution in [2.75, 3.05) is 5.32 Å². The molecule has 1 saturated carbocycles. The fourth-order valence-electron chi connectivity index (χ4n) is 4.50. The second-order valence-electron chi connectivity index (χ2n) is 10.9. The molecule has 1 aliphatic carbocycles. The first kappa shape index (κ1) is 26.6. The zero-order valence-corrected chi connectivity index (χ0v) is 21.8. The Hall–Kier alpha value is -4.01. The van der Waals surface area contributed by atoms with Crippen molar-refractivity contribution >= 4 is 22.6 Å². The molecule has 1 aliphatic rings. The Labute approximate surface area is 223 Å². The van der Waals surface area contributed by atoms with Crippen molar-refractivity contribution in [3.8, 4) is 11.1 Å². The number of hydrogen-bond acceptors (Lipinski definition) is 4. The van der Waals surface area contributed by atoms with Crippen molar-refractivity contribution in [1.82, 2.24) is 14.9 Å². The molecule has 0 bridgehead atoms. The molecule has 1 amide bonds. The summed E-state index contributed by atoms with van der Waals surface area (Å²) in [6, 6.07) is 14.6. The van der Waals surface area contributed by atoms with Gasteiger partial charge >= 0.3 is 6.18 Å². The average Bonchev–Trinajstić information content (AvgIpc) is 3.72. The molecule has 3 aromatic carbocycles. The van der Waals surface area contributed by atoms with Gasteiger partial charge in [-0.1, -0.05) is 18.2 Å². The van der Waals surface area contributed by atoms with Crippen molar-refractivity contribution in [1.29, 1.82) is 0 Å². The fourth-order valence-corrected chi connectivity index (χ4v) is 4.50. The van der Waals surface area contributed by atoms with Crippen LogP contribution in [-0.2, 0) is 12.7 Å². The van der Waals surface area contributed by atoms with Gasteiger partial charge in [0.25, 0.3) is 5.91 Å². The number of rotatable bonds is 6. The van der Waals surface area contributed by atoms with Crippen LogP contribution < -0.4 is 5.32 Å². The molecular weight excluding hydrogens is 508 g/mol. The number of carbonyl (C=O) groups excluding carboxylic acids is 1. The Morgan fingerprint density at radius 3 is 2.38 bits per heavy atom. The van der Waals surface area contributed by atoms with Gasteiger partial charge in [-0.05, 0) is 87.2 Å². The van der Waals surface area contributed by atoms with Gasteiger partial charge in [0.15, 0.2) is 0 Å². The molecular formula is C30H28F4N4O. The molecule has 1 heterocycles. The fraction of sp³-hybridized carbons (Fsp3) is 0.300. The lowest BCUT2D eigenvalue weighted by Crippen LogP contribution is -2.33. The summed E-state index contributed by atoms with van der Waals surface area (Å²) in [5.74, 6) is -0.349. The van der Waals surface area contributed by atoms with Crippen molar-refractivity contribution in [3.63, 3.8) is 0 Å². The van der Waals surface area contributed by atoms with Crippen LogP contribution in [0.15, 0.2) is 67.0 Å². The van der Waals surface area contributed by atoms with Gasteiger partial charge in [0.05, 0.1) is 11.1 Å². The van der Waals surface area contributed by atoms with Crippen LogP contribution in [0.25, 0.3) is 22.0 Å². The highest BCUT2D eigenvalue weighted by Crippen LogP contribution is 2.34. The Bertz CT molecular complexity index is 1540. The number of amides is 1. The molecule has 1 N–H and O–H groups in total. The Morgan fingerprint density at radius 2 is 1.69 bits per heavy atom. The van der Waals surface area contributed by atoms with Crippen LogP contribution in [0.4, 0.5) is 23.4 Å². The second-order valence-corrected chi connectivity index (χ2v) is 10.9. The summed E-state index contributed by atoms with van der Waals surface area (Å²) in [5, 5.41) is 4.20.